The minimum atomic E-state index is -0.563. The van der Waals surface area contributed by atoms with Crippen LogP contribution in [0.4, 0.5) is 0 Å². The van der Waals surface area contributed by atoms with Crippen molar-refractivity contribution in [3.05, 3.63) is 78.6 Å². The second-order valence-corrected chi connectivity index (χ2v) is 6.84. The average molecular weight is 387 g/mol. The third kappa shape index (κ3) is 4.40. The zero-order valence-corrected chi connectivity index (χ0v) is 15.8. The molecule has 2 N–H and O–H groups in total. The van der Waals surface area contributed by atoms with E-state index in [-0.39, 0.29) is 17.6 Å². The minimum absolute atomic E-state index is 0.0197. The van der Waals surface area contributed by atoms with Gasteiger partial charge in [-0.15, -0.1) is 5.10 Å². The molecular weight excluding hydrogens is 366 g/mol. The number of amides is 2. The van der Waals surface area contributed by atoms with E-state index in [1.807, 2.05) is 66.7 Å². The van der Waals surface area contributed by atoms with Crippen molar-refractivity contribution in [2.24, 2.45) is 5.92 Å². The molecule has 0 radical (unpaired) electrons. The summed E-state index contributed by atoms with van der Waals surface area (Å²) in [7, 11) is 0. The number of carbonyl (C=O) groups is 2. The van der Waals surface area contributed by atoms with E-state index in [2.05, 4.69) is 27.0 Å². The summed E-state index contributed by atoms with van der Waals surface area (Å²) in [6.45, 7) is 0. The molecule has 0 aliphatic heterocycles. The Balaban J connectivity index is 1.52. The maximum Gasteiger partial charge on any atom is 0.309 e. The Labute approximate surface area is 168 Å². The normalized spacial score (nSPS) is 15.2. The van der Waals surface area contributed by atoms with Crippen LogP contribution in [0.15, 0.2) is 72.8 Å². The highest BCUT2D eigenvalue weighted by atomic mass is 16.2. The lowest BCUT2D eigenvalue weighted by Crippen LogP contribution is -2.42. The molecule has 7 nitrogen and oxygen atoms in total. The van der Waals surface area contributed by atoms with Gasteiger partial charge in [0.15, 0.2) is 5.82 Å². The fraction of sp³-hybridized carbons (Fsp3) is 0.182. The maximum absolute atomic E-state index is 12.5. The van der Waals surface area contributed by atoms with Crippen LogP contribution in [0.5, 0.6) is 0 Å². The van der Waals surface area contributed by atoms with Crippen molar-refractivity contribution in [3.63, 3.8) is 0 Å². The first-order valence-electron chi connectivity index (χ1n) is 9.54. The number of benzene rings is 2. The Kier molecular flexibility index (Phi) is 5.47. The molecule has 0 fully saturated rings. The standard InChI is InChI=1S/C22H21N5O2/c28-19(15-16-9-7-8-10-16)24-25-22(29)20-23-21(17-11-3-1-4-12-17)27(26-20)18-13-5-2-6-14-18/h1-7,9,11-14,16H,8,10,15H2,(H,24,28)(H,25,29). The second kappa shape index (κ2) is 8.52. The van der Waals surface area contributed by atoms with Crippen LogP contribution in [0.2, 0.25) is 0 Å². The quantitative estimate of drug-likeness (QED) is 0.520. The Hall–Kier alpha value is -3.74. The second-order valence-electron chi connectivity index (χ2n) is 6.84. The van der Waals surface area contributed by atoms with Gasteiger partial charge < -0.3 is 0 Å². The predicted molar refractivity (Wildman–Crippen MR) is 109 cm³/mol. The van der Waals surface area contributed by atoms with E-state index in [1.165, 1.54) is 0 Å². The van der Waals surface area contributed by atoms with E-state index >= 15 is 0 Å². The zero-order chi connectivity index (χ0) is 20.1. The van der Waals surface area contributed by atoms with Crippen LogP contribution in [0.3, 0.4) is 0 Å². The molecule has 7 heteroatoms. The van der Waals surface area contributed by atoms with Crippen molar-refractivity contribution in [1.82, 2.24) is 25.6 Å². The fourth-order valence-corrected chi connectivity index (χ4v) is 3.27. The van der Waals surface area contributed by atoms with Crippen LogP contribution in [0.25, 0.3) is 17.1 Å². The van der Waals surface area contributed by atoms with Crippen molar-refractivity contribution >= 4 is 11.8 Å². The van der Waals surface area contributed by atoms with Crippen molar-refractivity contribution < 1.29 is 9.59 Å². The van der Waals surface area contributed by atoms with Gasteiger partial charge in [-0.25, -0.2) is 9.67 Å². The van der Waals surface area contributed by atoms with Crippen LogP contribution < -0.4 is 10.9 Å². The van der Waals surface area contributed by atoms with E-state index in [1.54, 1.807) is 4.68 Å². The van der Waals surface area contributed by atoms with Crippen molar-refractivity contribution in [2.75, 3.05) is 0 Å². The molecule has 1 heterocycles. The summed E-state index contributed by atoms with van der Waals surface area (Å²) in [5.74, 6) is -0.0435. The lowest BCUT2D eigenvalue weighted by Gasteiger charge is -2.08. The van der Waals surface area contributed by atoms with Gasteiger partial charge in [-0.2, -0.15) is 0 Å². The Morgan fingerprint density at radius 2 is 1.72 bits per heavy atom. The molecule has 0 saturated heterocycles. The van der Waals surface area contributed by atoms with Crippen LogP contribution in [-0.2, 0) is 4.79 Å². The largest absolute Gasteiger partial charge is 0.309 e. The highest BCUT2D eigenvalue weighted by Gasteiger charge is 2.20. The summed E-state index contributed by atoms with van der Waals surface area (Å²) >= 11 is 0. The van der Waals surface area contributed by atoms with E-state index in [9.17, 15) is 9.59 Å². The summed E-state index contributed by atoms with van der Waals surface area (Å²) in [6.07, 6.45) is 6.41. The van der Waals surface area contributed by atoms with Gasteiger partial charge in [0.25, 0.3) is 0 Å². The van der Waals surface area contributed by atoms with E-state index < -0.39 is 5.91 Å². The molecular formula is C22H21N5O2. The highest BCUT2D eigenvalue weighted by molar-refractivity contribution is 5.92. The molecule has 1 aliphatic rings. The lowest BCUT2D eigenvalue weighted by atomic mass is 10.1. The molecule has 29 heavy (non-hydrogen) atoms. The smallest absolute Gasteiger partial charge is 0.273 e. The number of nitrogens with zero attached hydrogens (tertiary/aromatic N) is 3. The van der Waals surface area contributed by atoms with Gasteiger partial charge in [-0.1, -0.05) is 60.7 Å². The molecule has 1 aliphatic carbocycles. The SMILES string of the molecule is O=C(CC1C=CCC1)NNC(=O)c1nc(-c2ccccc2)n(-c2ccccc2)n1. The van der Waals surface area contributed by atoms with Gasteiger partial charge in [-0.05, 0) is 30.9 Å². The summed E-state index contributed by atoms with van der Waals surface area (Å²) < 4.78 is 1.62. The third-order valence-corrected chi connectivity index (χ3v) is 4.72. The molecule has 2 amide bonds. The molecule has 1 aromatic heterocycles. The summed E-state index contributed by atoms with van der Waals surface area (Å²) in [4.78, 5) is 29.0. The first-order chi connectivity index (χ1) is 14.2. The minimum Gasteiger partial charge on any atom is -0.273 e. The summed E-state index contributed by atoms with van der Waals surface area (Å²) in [5.41, 5.74) is 6.49. The number of hydrogen-bond acceptors (Lipinski definition) is 4. The van der Waals surface area contributed by atoms with Crippen LogP contribution in [0.1, 0.15) is 29.9 Å². The Bertz CT molecular complexity index is 971. The maximum atomic E-state index is 12.5. The topological polar surface area (TPSA) is 88.9 Å². The number of nitrogens with one attached hydrogen (secondary N) is 2. The van der Waals surface area contributed by atoms with Gasteiger partial charge in [0.1, 0.15) is 0 Å². The van der Waals surface area contributed by atoms with Gasteiger partial charge >= 0.3 is 5.91 Å². The Morgan fingerprint density at radius 3 is 2.41 bits per heavy atom. The molecule has 146 valence electrons. The highest BCUT2D eigenvalue weighted by Crippen LogP contribution is 2.21. The summed E-state index contributed by atoms with van der Waals surface area (Å²) in [6, 6.07) is 19.0. The number of rotatable bonds is 5. The van der Waals surface area contributed by atoms with E-state index in [0.29, 0.717) is 12.2 Å². The van der Waals surface area contributed by atoms with E-state index in [4.69, 9.17) is 0 Å². The first-order valence-corrected chi connectivity index (χ1v) is 9.54. The predicted octanol–water partition coefficient (Wildman–Crippen LogP) is 3.05. The monoisotopic (exact) mass is 387 g/mol. The summed E-state index contributed by atoms with van der Waals surface area (Å²) in [5, 5.41) is 4.37. The number of para-hydroxylation sites is 1. The number of carbonyl (C=O) groups excluding carboxylic acids is 2. The lowest BCUT2D eigenvalue weighted by molar-refractivity contribution is -0.122. The molecule has 0 spiro atoms. The first kappa shape index (κ1) is 18.6. The van der Waals surface area contributed by atoms with Gasteiger partial charge in [0.2, 0.25) is 11.7 Å². The van der Waals surface area contributed by atoms with E-state index in [0.717, 1.165) is 24.1 Å². The molecule has 0 saturated carbocycles. The van der Waals surface area contributed by atoms with Gasteiger partial charge in [0.05, 0.1) is 5.69 Å². The van der Waals surface area contributed by atoms with Gasteiger partial charge in [0, 0.05) is 12.0 Å². The molecule has 2 aromatic carbocycles. The van der Waals surface area contributed by atoms with Crippen LogP contribution in [-0.4, -0.2) is 26.6 Å². The number of hydrazine groups is 1. The van der Waals surface area contributed by atoms with Crippen molar-refractivity contribution in [1.29, 1.82) is 0 Å². The number of hydrogen-bond donors (Lipinski definition) is 2. The van der Waals surface area contributed by atoms with Crippen LogP contribution in [0, 0.1) is 5.92 Å². The van der Waals surface area contributed by atoms with Crippen LogP contribution >= 0.6 is 0 Å². The third-order valence-electron chi connectivity index (χ3n) is 4.72. The molecule has 1 atom stereocenters. The zero-order valence-electron chi connectivity index (χ0n) is 15.8. The average Bonchev–Trinajstić information content (AvgIpc) is 3.43. The van der Waals surface area contributed by atoms with Crippen molar-refractivity contribution in [2.45, 2.75) is 19.3 Å². The van der Waals surface area contributed by atoms with Crippen molar-refractivity contribution in [3.8, 4) is 17.1 Å². The number of aromatic nitrogens is 3. The molecule has 1 unspecified atom stereocenters. The molecule has 3 aromatic rings. The molecule has 0 bridgehead atoms. The Morgan fingerprint density at radius 1 is 1.00 bits per heavy atom. The number of allylic oxidation sites excluding steroid dienone is 2. The fourth-order valence-electron chi connectivity index (χ4n) is 3.27. The van der Waals surface area contributed by atoms with Gasteiger partial charge in [-0.3, -0.25) is 20.4 Å². The molecule has 4 rings (SSSR count).